The molecule has 3 nitrogen and oxygen atoms in total. The molecule has 0 radical (unpaired) electrons. The average molecular weight is 168 g/mol. The van der Waals surface area contributed by atoms with Gasteiger partial charge in [0, 0.05) is 20.2 Å². The van der Waals surface area contributed by atoms with Crippen LogP contribution >= 0.6 is 12.4 Å². The lowest BCUT2D eigenvalue weighted by Crippen LogP contribution is -2.40. The lowest BCUT2D eigenvalue weighted by Gasteiger charge is -2.22. The third kappa shape index (κ3) is 3.37. The van der Waals surface area contributed by atoms with Gasteiger partial charge in [0.2, 0.25) is 0 Å². The second-order valence-electron chi connectivity index (χ2n) is 2.15. The summed E-state index contributed by atoms with van der Waals surface area (Å²) in [5.41, 5.74) is 0. The summed E-state index contributed by atoms with van der Waals surface area (Å²) in [6.07, 6.45) is 0.267. The van der Waals surface area contributed by atoms with E-state index in [0.717, 1.165) is 19.7 Å². The number of methoxy groups -OCH3 is 1. The molecule has 10 heavy (non-hydrogen) atoms. The Morgan fingerprint density at radius 2 is 2.50 bits per heavy atom. The number of hydrogen-bond donors (Lipinski definition) is 1. The summed E-state index contributed by atoms with van der Waals surface area (Å²) in [7, 11) is 1.69. The van der Waals surface area contributed by atoms with Gasteiger partial charge in [-0.3, -0.25) is 0 Å². The Labute approximate surface area is 67.5 Å². The second kappa shape index (κ2) is 5.92. The molecule has 0 spiro atoms. The highest BCUT2D eigenvalue weighted by atomic mass is 35.5. The van der Waals surface area contributed by atoms with E-state index < -0.39 is 0 Å². The van der Waals surface area contributed by atoms with E-state index in [4.69, 9.17) is 9.47 Å². The van der Waals surface area contributed by atoms with Gasteiger partial charge in [-0.1, -0.05) is 0 Å². The van der Waals surface area contributed by atoms with Crippen molar-refractivity contribution in [2.75, 3.05) is 33.4 Å². The highest BCUT2D eigenvalue weighted by molar-refractivity contribution is 5.85. The van der Waals surface area contributed by atoms with Crippen LogP contribution in [0.4, 0.5) is 0 Å². The van der Waals surface area contributed by atoms with Crippen LogP contribution in [0, 0.1) is 0 Å². The zero-order valence-corrected chi connectivity index (χ0v) is 6.95. The molecule has 0 amide bonds. The van der Waals surface area contributed by atoms with Crippen LogP contribution in [0.2, 0.25) is 0 Å². The van der Waals surface area contributed by atoms with Crippen molar-refractivity contribution in [3.8, 4) is 0 Å². The number of halogens is 1. The maximum atomic E-state index is 5.33. The fourth-order valence-electron chi connectivity index (χ4n) is 0.913. The van der Waals surface area contributed by atoms with E-state index in [1.165, 1.54) is 0 Å². The van der Waals surface area contributed by atoms with Crippen LogP contribution in [-0.2, 0) is 9.47 Å². The van der Waals surface area contributed by atoms with Gasteiger partial charge >= 0.3 is 0 Å². The van der Waals surface area contributed by atoms with E-state index in [0.29, 0.717) is 6.61 Å². The maximum Gasteiger partial charge on any atom is 0.0932 e. The number of rotatable bonds is 2. The summed E-state index contributed by atoms with van der Waals surface area (Å²) in [6, 6.07) is 0. The van der Waals surface area contributed by atoms with Crippen molar-refractivity contribution in [1.82, 2.24) is 5.32 Å². The Bertz CT molecular complexity index is 73.4. The predicted octanol–water partition coefficient (Wildman–Crippen LogP) is 0.0430. The van der Waals surface area contributed by atoms with Gasteiger partial charge in [-0.2, -0.15) is 0 Å². The van der Waals surface area contributed by atoms with Crippen molar-refractivity contribution in [3.05, 3.63) is 0 Å². The molecule has 1 atom stereocenters. The lowest BCUT2D eigenvalue weighted by molar-refractivity contribution is -0.0188. The van der Waals surface area contributed by atoms with Crippen molar-refractivity contribution in [2.45, 2.75) is 6.10 Å². The Balaban J connectivity index is 0.000000810. The molecule has 1 aliphatic rings. The Hall–Kier alpha value is 0.170. The van der Waals surface area contributed by atoms with E-state index in [1.54, 1.807) is 7.11 Å². The van der Waals surface area contributed by atoms with E-state index >= 15 is 0 Å². The molecule has 1 heterocycles. The molecule has 1 N–H and O–H groups in total. The smallest absolute Gasteiger partial charge is 0.0932 e. The fraction of sp³-hybridized carbons (Fsp3) is 1.00. The van der Waals surface area contributed by atoms with E-state index in [9.17, 15) is 0 Å². The van der Waals surface area contributed by atoms with Gasteiger partial charge in [0.05, 0.1) is 19.3 Å². The Morgan fingerprint density at radius 3 is 3.00 bits per heavy atom. The normalized spacial score (nSPS) is 25.5. The van der Waals surface area contributed by atoms with E-state index in [-0.39, 0.29) is 18.5 Å². The molecule has 0 aromatic heterocycles. The predicted molar refractivity (Wildman–Crippen MR) is 41.7 cm³/mol. The van der Waals surface area contributed by atoms with Gasteiger partial charge in [0.25, 0.3) is 0 Å². The number of morpholine rings is 1. The van der Waals surface area contributed by atoms with Crippen molar-refractivity contribution in [1.29, 1.82) is 0 Å². The molecular formula is C6H14ClNO2. The molecule has 0 aromatic carbocycles. The summed E-state index contributed by atoms with van der Waals surface area (Å²) in [4.78, 5) is 0. The zero-order valence-electron chi connectivity index (χ0n) is 6.13. The van der Waals surface area contributed by atoms with Gasteiger partial charge in [-0.25, -0.2) is 0 Å². The Morgan fingerprint density at radius 1 is 1.70 bits per heavy atom. The van der Waals surface area contributed by atoms with Crippen molar-refractivity contribution < 1.29 is 9.47 Å². The standard InChI is InChI=1S/C6H13NO2.ClH/c1-8-5-6-4-7-2-3-9-6;/h6-7H,2-5H2,1H3;1H. The summed E-state index contributed by atoms with van der Waals surface area (Å²) < 4.78 is 10.2. The van der Waals surface area contributed by atoms with Crippen LogP contribution in [0.3, 0.4) is 0 Å². The minimum Gasteiger partial charge on any atom is -0.382 e. The highest BCUT2D eigenvalue weighted by Crippen LogP contribution is 1.94. The summed E-state index contributed by atoms with van der Waals surface area (Å²) in [6.45, 7) is 3.41. The van der Waals surface area contributed by atoms with E-state index in [2.05, 4.69) is 5.32 Å². The molecule has 1 aliphatic heterocycles. The first kappa shape index (κ1) is 10.2. The number of ether oxygens (including phenoxy) is 2. The monoisotopic (exact) mass is 167 g/mol. The van der Waals surface area contributed by atoms with Gasteiger partial charge in [-0.15, -0.1) is 12.4 Å². The highest BCUT2D eigenvalue weighted by Gasteiger charge is 2.11. The molecule has 1 unspecified atom stereocenters. The van der Waals surface area contributed by atoms with Crippen LogP contribution in [0.1, 0.15) is 0 Å². The molecule has 0 aromatic rings. The van der Waals surface area contributed by atoms with Gasteiger partial charge in [0.1, 0.15) is 0 Å². The Kier molecular flexibility index (Phi) is 6.02. The van der Waals surface area contributed by atoms with Crippen LogP contribution in [0.5, 0.6) is 0 Å². The van der Waals surface area contributed by atoms with Gasteiger partial charge in [0.15, 0.2) is 0 Å². The van der Waals surface area contributed by atoms with E-state index in [1.807, 2.05) is 0 Å². The van der Waals surface area contributed by atoms with Crippen LogP contribution < -0.4 is 5.32 Å². The van der Waals surface area contributed by atoms with Crippen molar-refractivity contribution in [2.24, 2.45) is 0 Å². The van der Waals surface area contributed by atoms with Crippen molar-refractivity contribution >= 4 is 12.4 Å². The SMILES string of the molecule is COCC1CNCCO1.Cl. The van der Waals surface area contributed by atoms with Crippen LogP contribution in [0.25, 0.3) is 0 Å². The molecule has 1 saturated heterocycles. The minimum absolute atomic E-state index is 0. The first-order valence-electron chi connectivity index (χ1n) is 3.24. The molecule has 62 valence electrons. The third-order valence-corrected chi connectivity index (χ3v) is 1.36. The van der Waals surface area contributed by atoms with Gasteiger partial charge < -0.3 is 14.8 Å². The minimum atomic E-state index is 0. The molecule has 0 aliphatic carbocycles. The summed E-state index contributed by atoms with van der Waals surface area (Å²) in [5, 5.41) is 3.21. The fourth-order valence-corrected chi connectivity index (χ4v) is 0.913. The lowest BCUT2D eigenvalue weighted by atomic mass is 10.3. The number of nitrogens with one attached hydrogen (secondary N) is 1. The molecule has 0 bridgehead atoms. The summed E-state index contributed by atoms with van der Waals surface area (Å²) in [5.74, 6) is 0. The largest absolute Gasteiger partial charge is 0.382 e. The topological polar surface area (TPSA) is 30.5 Å². The molecule has 4 heteroatoms. The molecule has 1 fully saturated rings. The first-order chi connectivity index (χ1) is 4.43. The molecule has 0 saturated carbocycles. The zero-order chi connectivity index (χ0) is 6.53. The molecule has 1 rings (SSSR count). The molecular weight excluding hydrogens is 154 g/mol. The quantitative estimate of drug-likeness (QED) is 0.630. The first-order valence-corrected chi connectivity index (χ1v) is 3.24. The third-order valence-electron chi connectivity index (χ3n) is 1.36. The average Bonchev–Trinajstić information content (AvgIpc) is 1.91. The number of hydrogen-bond acceptors (Lipinski definition) is 3. The van der Waals surface area contributed by atoms with Crippen molar-refractivity contribution in [3.63, 3.8) is 0 Å². The summed E-state index contributed by atoms with van der Waals surface area (Å²) >= 11 is 0. The second-order valence-corrected chi connectivity index (χ2v) is 2.15. The maximum absolute atomic E-state index is 5.33. The van der Waals surface area contributed by atoms with Crippen LogP contribution in [0.15, 0.2) is 0 Å². The van der Waals surface area contributed by atoms with Crippen LogP contribution in [-0.4, -0.2) is 39.5 Å². The van der Waals surface area contributed by atoms with Gasteiger partial charge in [-0.05, 0) is 0 Å².